The molecule has 54 heavy (non-hydrogen) atoms. The summed E-state index contributed by atoms with van der Waals surface area (Å²) in [6, 6.07) is 19.4. The van der Waals surface area contributed by atoms with Gasteiger partial charge in [-0.05, 0) is 62.4 Å². The van der Waals surface area contributed by atoms with Gasteiger partial charge in [-0.3, -0.25) is 33.8 Å². The van der Waals surface area contributed by atoms with Crippen LogP contribution in [0, 0.1) is 0 Å². The van der Waals surface area contributed by atoms with Gasteiger partial charge in [0, 0.05) is 17.9 Å². The molecule has 3 aliphatic heterocycles. The van der Waals surface area contributed by atoms with Gasteiger partial charge in [0.05, 0.1) is 68.3 Å². The highest BCUT2D eigenvalue weighted by molar-refractivity contribution is 6.22. The number of imide groups is 2. The van der Waals surface area contributed by atoms with E-state index in [4.69, 9.17) is 23.7 Å². The molecule has 0 bridgehead atoms. The third kappa shape index (κ3) is 8.02. The number of fused-ring (bicyclic) bond motifs is 2. The molecule has 16 nitrogen and oxygen atoms in total. The molecule has 0 aromatic heterocycles. The van der Waals surface area contributed by atoms with Crippen LogP contribution in [0.3, 0.4) is 0 Å². The number of rotatable bonds is 14. The zero-order valence-corrected chi connectivity index (χ0v) is 29.6. The van der Waals surface area contributed by atoms with Crippen LogP contribution >= 0.6 is 0 Å². The van der Waals surface area contributed by atoms with Crippen LogP contribution < -0.4 is 9.80 Å². The molecule has 0 radical (unpaired) electrons. The summed E-state index contributed by atoms with van der Waals surface area (Å²) in [6.45, 7) is 2.63. The molecule has 0 saturated carbocycles. The maximum atomic E-state index is 13.4. The first-order valence-electron chi connectivity index (χ1n) is 17.4. The Kier molecular flexibility index (Phi) is 11.5. The fourth-order valence-corrected chi connectivity index (χ4v) is 6.47. The van der Waals surface area contributed by atoms with E-state index in [1.165, 1.54) is 24.3 Å². The van der Waals surface area contributed by atoms with Crippen molar-refractivity contribution in [2.45, 2.75) is 26.1 Å². The summed E-state index contributed by atoms with van der Waals surface area (Å²) in [5.41, 5.74) is 1.86. The normalized spacial score (nSPS) is 16.2. The van der Waals surface area contributed by atoms with Crippen molar-refractivity contribution >= 4 is 53.2 Å². The lowest BCUT2D eigenvalue weighted by atomic mass is 10.1. The average molecular weight is 743 g/mol. The number of carbonyl (C=O) groups is 7. The smallest absolute Gasteiger partial charge is 0.435 e. The molecule has 2 atom stereocenters. The second-order valence-electron chi connectivity index (χ2n) is 12.4. The van der Waals surface area contributed by atoms with E-state index in [1.54, 1.807) is 72.2 Å². The van der Waals surface area contributed by atoms with Crippen molar-refractivity contribution in [3.05, 3.63) is 95.1 Å². The molecule has 0 aliphatic carbocycles. The molecule has 1 saturated heterocycles. The highest BCUT2D eigenvalue weighted by atomic mass is 16.7. The number of hydrogen-bond acceptors (Lipinski definition) is 13. The zero-order valence-electron chi connectivity index (χ0n) is 29.6. The Balaban J connectivity index is 1.33. The lowest BCUT2D eigenvalue weighted by Crippen LogP contribution is -2.49. The Labute approximate surface area is 310 Å². The minimum atomic E-state index is -1.20. The third-order valence-electron chi connectivity index (χ3n) is 8.94. The van der Waals surface area contributed by atoms with Gasteiger partial charge in [0.2, 0.25) is 0 Å². The van der Waals surface area contributed by atoms with Gasteiger partial charge in [0.15, 0.2) is 0 Å². The average Bonchev–Trinajstić information content (AvgIpc) is 3.55. The number of anilines is 2. The number of amides is 5. The minimum absolute atomic E-state index is 0.0141. The Hall–Kier alpha value is -6.29. The number of ether oxygens (including phenoxy) is 5. The van der Waals surface area contributed by atoms with Crippen LogP contribution in [0.5, 0.6) is 0 Å². The highest BCUT2D eigenvalue weighted by Gasteiger charge is 2.40. The largest absolute Gasteiger partial charge is 0.508 e. The fraction of sp³-hybridized carbons (Fsp3) is 0.342. The predicted molar refractivity (Wildman–Crippen MR) is 189 cm³/mol. The fourth-order valence-electron chi connectivity index (χ4n) is 6.47. The van der Waals surface area contributed by atoms with Gasteiger partial charge < -0.3 is 33.5 Å². The van der Waals surface area contributed by atoms with Gasteiger partial charge in [0.1, 0.15) is 18.8 Å². The van der Waals surface area contributed by atoms with Crippen LogP contribution in [0.4, 0.5) is 21.0 Å². The van der Waals surface area contributed by atoms with Crippen LogP contribution in [0.1, 0.15) is 55.3 Å². The van der Waals surface area contributed by atoms with Crippen LogP contribution in [0.25, 0.3) is 0 Å². The van der Waals surface area contributed by atoms with Crippen molar-refractivity contribution in [1.29, 1.82) is 0 Å². The van der Waals surface area contributed by atoms with Crippen LogP contribution in [0.15, 0.2) is 72.8 Å². The molecule has 0 N–H and O–H groups in total. The maximum absolute atomic E-state index is 13.4. The molecular formula is C38H38N4O12. The Morgan fingerprint density at radius 1 is 0.667 bits per heavy atom. The summed E-state index contributed by atoms with van der Waals surface area (Å²) in [7, 11) is 0. The Bertz CT molecular complexity index is 1780. The van der Waals surface area contributed by atoms with Gasteiger partial charge in [-0.1, -0.05) is 24.3 Å². The number of benzene rings is 3. The molecule has 2 unspecified atom stereocenters. The summed E-state index contributed by atoms with van der Waals surface area (Å²) in [6.07, 6.45) is -4.50. The van der Waals surface area contributed by atoms with E-state index >= 15 is 0 Å². The Morgan fingerprint density at radius 2 is 1.09 bits per heavy atom. The number of carbonyl (C=O) groups excluding carboxylic acids is 7. The van der Waals surface area contributed by atoms with Crippen LogP contribution in [-0.2, 0) is 28.5 Å². The molecule has 3 aliphatic rings. The molecule has 3 heterocycles. The van der Waals surface area contributed by atoms with Gasteiger partial charge >= 0.3 is 12.3 Å². The van der Waals surface area contributed by atoms with Gasteiger partial charge in [0.25, 0.3) is 29.5 Å². The Morgan fingerprint density at radius 3 is 1.48 bits per heavy atom. The van der Waals surface area contributed by atoms with Crippen molar-refractivity contribution in [3.8, 4) is 0 Å². The topological polar surface area (TPSA) is 179 Å². The van der Waals surface area contributed by atoms with E-state index in [2.05, 4.69) is 0 Å². The van der Waals surface area contributed by atoms with E-state index in [9.17, 15) is 33.6 Å². The molecule has 0 spiro atoms. The van der Waals surface area contributed by atoms with Crippen molar-refractivity contribution < 1.29 is 57.2 Å². The molecular weight excluding hydrogens is 704 g/mol. The van der Waals surface area contributed by atoms with E-state index in [-0.39, 0.29) is 74.2 Å². The minimum Gasteiger partial charge on any atom is -0.435 e. The van der Waals surface area contributed by atoms with Crippen LogP contribution in [0.2, 0.25) is 0 Å². The summed E-state index contributed by atoms with van der Waals surface area (Å²) in [4.78, 5) is 96.7. The standard InChI is InChI=1S/C38H38N4O12/c1-3-51-37(48)53-26(21-41-33(44)28-9-5-6-10-29(28)34(41)45)19-39(24-13-15-25(16-14-24)40-17-18-50-23-32(40)43)20-27(54-38(49)52-4-2)22-42-35(46)30-11-7-8-12-31(30)36(42)47/h5-16,26-27H,3-4,17-23H2,1-2H3. The third-order valence-corrected chi connectivity index (χ3v) is 8.94. The second-order valence-corrected chi connectivity index (χ2v) is 12.4. The number of hydrogen-bond donors (Lipinski definition) is 0. The number of morpholine rings is 1. The predicted octanol–water partition coefficient (Wildman–Crippen LogP) is 3.53. The lowest BCUT2D eigenvalue weighted by Gasteiger charge is -2.34. The quantitative estimate of drug-likeness (QED) is 0.173. The SMILES string of the molecule is CCOC(=O)OC(CN1C(=O)c2ccccc2C1=O)CN(CC(CN1C(=O)c2ccccc2C1=O)OC(=O)OCC)c1ccc(N2CCOCC2=O)cc1. The molecule has 282 valence electrons. The number of nitrogens with zero attached hydrogens (tertiary/aromatic N) is 4. The summed E-state index contributed by atoms with van der Waals surface area (Å²) in [5, 5.41) is 0. The molecule has 1 fully saturated rings. The van der Waals surface area contributed by atoms with E-state index in [0.717, 1.165) is 9.80 Å². The summed E-state index contributed by atoms with van der Waals surface area (Å²) in [5.74, 6) is -2.53. The van der Waals surface area contributed by atoms with Crippen molar-refractivity contribution in [1.82, 2.24) is 9.80 Å². The van der Waals surface area contributed by atoms with Crippen molar-refractivity contribution in [3.63, 3.8) is 0 Å². The molecule has 6 rings (SSSR count). The van der Waals surface area contributed by atoms with E-state index < -0.39 is 48.1 Å². The monoisotopic (exact) mass is 742 g/mol. The molecule has 16 heteroatoms. The van der Waals surface area contributed by atoms with E-state index in [1.807, 2.05) is 0 Å². The second kappa shape index (κ2) is 16.6. The molecule has 3 aromatic carbocycles. The highest BCUT2D eigenvalue weighted by Crippen LogP contribution is 2.28. The summed E-state index contributed by atoms with van der Waals surface area (Å²) < 4.78 is 26.7. The maximum Gasteiger partial charge on any atom is 0.508 e. The van der Waals surface area contributed by atoms with Gasteiger partial charge in [-0.2, -0.15) is 0 Å². The lowest BCUT2D eigenvalue weighted by molar-refractivity contribution is -0.125. The van der Waals surface area contributed by atoms with Gasteiger partial charge in [-0.25, -0.2) is 9.59 Å². The first-order valence-corrected chi connectivity index (χ1v) is 17.4. The summed E-state index contributed by atoms with van der Waals surface area (Å²) >= 11 is 0. The zero-order chi connectivity index (χ0) is 38.4. The van der Waals surface area contributed by atoms with Crippen molar-refractivity contribution in [2.75, 3.05) is 69.0 Å². The van der Waals surface area contributed by atoms with Gasteiger partial charge in [-0.15, -0.1) is 0 Å². The van der Waals surface area contributed by atoms with Crippen LogP contribution in [-0.4, -0.2) is 123 Å². The van der Waals surface area contributed by atoms with Crippen molar-refractivity contribution in [2.24, 2.45) is 0 Å². The first kappa shape index (κ1) is 37.5. The molecule has 3 aromatic rings. The first-order chi connectivity index (χ1) is 26.1. The molecule has 5 amide bonds. The van der Waals surface area contributed by atoms with E-state index in [0.29, 0.717) is 24.5 Å².